The van der Waals surface area contributed by atoms with Crippen LogP contribution in [0.3, 0.4) is 0 Å². The molecule has 104 valence electrons. The first-order chi connectivity index (χ1) is 8.68. The Balaban J connectivity index is 3.30. The Morgan fingerprint density at radius 1 is 1.63 bits per heavy atom. The Morgan fingerprint density at radius 3 is 2.63 bits per heavy atom. The first kappa shape index (κ1) is 15.4. The zero-order chi connectivity index (χ0) is 14.8. The van der Waals surface area contributed by atoms with E-state index in [9.17, 15) is 18.5 Å². The number of sulfone groups is 1. The standard InChI is InChI=1S/C10H13N3O4S2/c1-7(4-5-11)12(2)10-8(13(14)15)6-9(18-10)19(3,16)17/h6-7H,4H2,1-3H3. The van der Waals surface area contributed by atoms with Crippen molar-refractivity contribution in [2.75, 3.05) is 18.2 Å². The van der Waals surface area contributed by atoms with Crippen molar-refractivity contribution in [1.29, 1.82) is 5.26 Å². The Hall–Kier alpha value is -1.66. The predicted molar refractivity (Wildman–Crippen MR) is 72.2 cm³/mol. The molecule has 0 fully saturated rings. The third-order valence-corrected chi connectivity index (χ3v) is 5.62. The van der Waals surface area contributed by atoms with Gasteiger partial charge in [0.1, 0.15) is 4.21 Å². The average Bonchev–Trinajstić information content (AvgIpc) is 2.72. The fourth-order valence-corrected chi connectivity index (χ4v) is 3.48. The van der Waals surface area contributed by atoms with Gasteiger partial charge in [-0.15, -0.1) is 0 Å². The highest BCUT2D eigenvalue weighted by Gasteiger charge is 2.27. The second kappa shape index (κ2) is 5.54. The fourth-order valence-electron chi connectivity index (χ4n) is 1.39. The lowest BCUT2D eigenvalue weighted by Gasteiger charge is -2.22. The maximum absolute atomic E-state index is 11.5. The molecule has 0 aliphatic heterocycles. The SMILES string of the molecule is CC(CC#N)N(C)c1sc(S(C)(=O)=O)cc1[N+](=O)[O-]. The van der Waals surface area contributed by atoms with E-state index in [1.165, 1.54) is 0 Å². The van der Waals surface area contributed by atoms with E-state index in [0.29, 0.717) is 0 Å². The number of anilines is 1. The molecule has 1 aromatic rings. The maximum Gasteiger partial charge on any atom is 0.305 e. The van der Waals surface area contributed by atoms with Crippen molar-refractivity contribution in [3.05, 3.63) is 16.2 Å². The Labute approximate surface area is 115 Å². The number of nitriles is 1. The molecule has 7 nitrogen and oxygen atoms in total. The summed E-state index contributed by atoms with van der Waals surface area (Å²) in [7, 11) is -1.88. The molecular formula is C10H13N3O4S2. The minimum Gasteiger partial charge on any atom is -0.357 e. The van der Waals surface area contributed by atoms with Gasteiger partial charge in [0.05, 0.1) is 17.4 Å². The lowest BCUT2D eigenvalue weighted by Crippen LogP contribution is -2.28. The van der Waals surface area contributed by atoms with Gasteiger partial charge in [-0.25, -0.2) is 8.42 Å². The summed E-state index contributed by atoms with van der Waals surface area (Å²) in [5.41, 5.74) is -0.252. The molecule has 0 N–H and O–H groups in total. The second-order valence-electron chi connectivity index (χ2n) is 4.11. The molecule has 0 saturated heterocycles. The minimum absolute atomic E-state index is 0.0507. The summed E-state index contributed by atoms with van der Waals surface area (Å²) in [6, 6.07) is 2.80. The molecule has 1 unspecified atom stereocenters. The van der Waals surface area contributed by atoms with Gasteiger partial charge in [-0.05, 0) is 6.92 Å². The molecule has 1 atom stereocenters. The lowest BCUT2D eigenvalue weighted by atomic mass is 10.2. The average molecular weight is 303 g/mol. The van der Waals surface area contributed by atoms with Crippen molar-refractivity contribution >= 4 is 31.9 Å². The Morgan fingerprint density at radius 2 is 2.21 bits per heavy atom. The summed E-state index contributed by atoms with van der Waals surface area (Å²) < 4.78 is 22.9. The molecule has 9 heteroatoms. The molecular weight excluding hydrogens is 290 g/mol. The monoisotopic (exact) mass is 303 g/mol. The van der Waals surface area contributed by atoms with Gasteiger partial charge in [0.25, 0.3) is 0 Å². The van der Waals surface area contributed by atoms with Crippen molar-refractivity contribution in [2.45, 2.75) is 23.6 Å². The Bertz CT molecular complexity index is 630. The van der Waals surface area contributed by atoms with Crippen LogP contribution in [0.4, 0.5) is 10.7 Å². The molecule has 0 aromatic carbocycles. The third kappa shape index (κ3) is 3.42. The molecule has 0 bridgehead atoms. The van der Waals surface area contributed by atoms with E-state index >= 15 is 0 Å². The predicted octanol–water partition coefficient (Wildman–Crippen LogP) is 1.80. The van der Waals surface area contributed by atoms with Gasteiger partial charge in [0.2, 0.25) is 0 Å². The number of nitrogens with zero attached hydrogens (tertiary/aromatic N) is 3. The van der Waals surface area contributed by atoms with Gasteiger partial charge >= 0.3 is 5.69 Å². The molecule has 19 heavy (non-hydrogen) atoms. The maximum atomic E-state index is 11.5. The molecule has 0 amide bonds. The fraction of sp³-hybridized carbons (Fsp3) is 0.500. The van der Waals surface area contributed by atoms with Crippen LogP contribution in [0, 0.1) is 21.4 Å². The van der Waals surface area contributed by atoms with Gasteiger partial charge in [-0.2, -0.15) is 5.26 Å². The summed E-state index contributed by atoms with van der Waals surface area (Å²) in [4.78, 5) is 11.9. The highest BCUT2D eigenvalue weighted by molar-refractivity contribution is 7.92. The van der Waals surface area contributed by atoms with Crippen molar-refractivity contribution in [1.82, 2.24) is 0 Å². The Kier molecular flexibility index (Phi) is 4.49. The van der Waals surface area contributed by atoms with E-state index in [0.717, 1.165) is 23.7 Å². The van der Waals surface area contributed by atoms with Crippen LogP contribution >= 0.6 is 11.3 Å². The van der Waals surface area contributed by atoms with E-state index in [4.69, 9.17) is 5.26 Å². The van der Waals surface area contributed by atoms with Crippen LogP contribution < -0.4 is 4.90 Å². The largest absolute Gasteiger partial charge is 0.357 e. The van der Waals surface area contributed by atoms with Crippen molar-refractivity contribution in [3.8, 4) is 6.07 Å². The molecule has 1 heterocycles. The number of thiophene rings is 1. The summed E-state index contributed by atoms with van der Waals surface area (Å²) in [6.45, 7) is 1.74. The van der Waals surface area contributed by atoms with E-state index in [1.54, 1.807) is 18.9 Å². The summed E-state index contributed by atoms with van der Waals surface area (Å²) in [5.74, 6) is 0. The number of rotatable bonds is 5. The van der Waals surface area contributed by atoms with Crippen LogP contribution in [0.15, 0.2) is 10.3 Å². The van der Waals surface area contributed by atoms with Crippen molar-refractivity contribution < 1.29 is 13.3 Å². The smallest absolute Gasteiger partial charge is 0.305 e. The van der Waals surface area contributed by atoms with E-state index in [2.05, 4.69) is 0 Å². The van der Waals surface area contributed by atoms with Crippen molar-refractivity contribution in [3.63, 3.8) is 0 Å². The van der Waals surface area contributed by atoms with Gasteiger partial charge in [-0.1, -0.05) is 11.3 Å². The van der Waals surface area contributed by atoms with Crippen LogP contribution in [0.5, 0.6) is 0 Å². The zero-order valence-corrected chi connectivity index (χ0v) is 12.3. The first-order valence-electron chi connectivity index (χ1n) is 5.26. The molecule has 0 radical (unpaired) electrons. The van der Waals surface area contributed by atoms with Crippen LogP contribution in [0.2, 0.25) is 0 Å². The van der Waals surface area contributed by atoms with E-state index in [-0.39, 0.29) is 27.4 Å². The van der Waals surface area contributed by atoms with Crippen molar-refractivity contribution in [2.24, 2.45) is 0 Å². The van der Waals surface area contributed by atoms with E-state index < -0.39 is 14.8 Å². The number of hydrogen-bond acceptors (Lipinski definition) is 7. The van der Waals surface area contributed by atoms with Gasteiger partial charge in [-0.3, -0.25) is 10.1 Å². The summed E-state index contributed by atoms with van der Waals surface area (Å²) >= 11 is 0.844. The zero-order valence-electron chi connectivity index (χ0n) is 10.7. The molecule has 0 aliphatic carbocycles. The topological polar surface area (TPSA) is 104 Å². The molecule has 0 saturated carbocycles. The molecule has 1 aromatic heterocycles. The number of hydrogen-bond donors (Lipinski definition) is 0. The molecule has 0 aliphatic rings. The number of nitro groups is 1. The quantitative estimate of drug-likeness (QED) is 0.606. The highest BCUT2D eigenvalue weighted by Crippen LogP contribution is 2.40. The van der Waals surface area contributed by atoms with Crippen LogP contribution in [0.1, 0.15) is 13.3 Å². The van der Waals surface area contributed by atoms with Gasteiger partial charge < -0.3 is 4.90 Å². The van der Waals surface area contributed by atoms with Gasteiger partial charge in [0.15, 0.2) is 14.8 Å². The molecule has 1 rings (SSSR count). The third-order valence-electron chi connectivity index (χ3n) is 2.60. The molecule has 0 spiro atoms. The van der Waals surface area contributed by atoms with E-state index in [1.807, 2.05) is 6.07 Å². The highest BCUT2D eigenvalue weighted by atomic mass is 32.2. The lowest BCUT2D eigenvalue weighted by molar-refractivity contribution is -0.383. The van der Waals surface area contributed by atoms with Crippen LogP contribution in [-0.2, 0) is 9.84 Å². The normalized spacial score (nSPS) is 12.7. The van der Waals surface area contributed by atoms with Crippen LogP contribution in [0.25, 0.3) is 0 Å². The first-order valence-corrected chi connectivity index (χ1v) is 7.97. The van der Waals surface area contributed by atoms with Gasteiger partial charge in [0, 0.05) is 25.4 Å². The second-order valence-corrected chi connectivity index (χ2v) is 7.38. The summed E-state index contributed by atoms with van der Waals surface area (Å²) in [5, 5.41) is 19.9. The summed E-state index contributed by atoms with van der Waals surface area (Å²) in [6.07, 6.45) is 1.20. The minimum atomic E-state index is -3.49. The van der Waals surface area contributed by atoms with Crippen LogP contribution in [-0.4, -0.2) is 32.7 Å².